The average molecular weight is 248 g/mol. The molecule has 16 heavy (non-hydrogen) atoms. The number of carbonyl (C=O) groups excluding carboxylic acids is 1. The zero-order valence-corrected chi connectivity index (χ0v) is 11.5. The third-order valence-electron chi connectivity index (χ3n) is 1.56. The van der Waals surface area contributed by atoms with E-state index in [9.17, 15) is 9.90 Å². The van der Waals surface area contributed by atoms with Crippen LogP contribution in [0.1, 0.15) is 26.7 Å². The Hall–Kier alpha value is -0.693. The Morgan fingerprint density at radius 2 is 1.69 bits per heavy atom. The van der Waals surface area contributed by atoms with Crippen LogP contribution in [0.3, 0.4) is 0 Å². The van der Waals surface area contributed by atoms with Crippen molar-refractivity contribution in [2.45, 2.75) is 26.7 Å². The van der Waals surface area contributed by atoms with Gasteiger partial charge in [-0.25, -0.2) is 0 Å². The highest BCUT2D eigenvalue weighted by atomic mass is 28.3. The highest BCUT2D eigenvalue weighted by Crippen LogP contribution is 1.95. The molecule has 0 aromatic heterocycles. The summed E-state index contributed by atoms with van der Waals surface area (Å²) in [7, 11) is 3.31. The van der Waals surface area contributed by atoms with Crippen LogP contribution in [0.4, 0.5) is 0 Å². The molecule has 5 nitrogen and oxygen atoms in total. The lowest BCUT2D eigenvalue weighted by atomic mass is 10.2. The Kier molecular flexibility index (Phi) is 13.7. The molecule has 0 heterocycles. The number of allylic oxidation sites excluding steroid dienone is 1. The lowest BCUT2D eigenvalue weighted by molar-refractivity contribution is -0.299. The molecule has 0 fully saturated rings. The van der Waals surface area contributed by atoms with E-state index in [1.165, 1.54) is 0 Å². The van der Waals surface area contributed by atoms with Gasteiger partial charge in [0.15, 0.2) is 0 Å². The fourth-order valence-corrected chi connectivity index (χ4v) is 1.19. The quantitative estimate of drug-likeness (QED) is 0.502. The lowest BCUT2D eigenvalue weighted by Gasteiger charge is -2.02. The fraction of sp³-hybridized carbons (Fsp3) is 0.700. The van der Waals surface area contributed by atoms with E-state index in [1.54, 1.807) is 34.3 Å². The molecule has 1 radical (unpaired) electrons. The molecule has 0 N–H and O–H groups in total. The molecule has 0 rings (SSSR count). The van der Waals surface area contributed by atoms with Crippen molar-refractivity contribution < 1.29 is 23.2 Å². The van der Waals surface area contributed by atoms with Crippen LogP contribution in [0.5, 0.6) is 0 Å². The van der Waals surface area contributed by atoms with E-state index in [4.69, 9.17) is 13.3 Å². The van der Waals surface area contributed by atoms with E-state index in [2.05, 4.69) is 0 Å². The van der Waals surface area contributed by atoms with Crippen LogP contribution in [0.15, 0.2) is 11.6 Å². The number of carboxylic acids is 1. The molecule has 0 aromatic carbocycles. The van der Waals surface area contributed by atoms with Crippen LogP contribution in [0, 0.1) is 0 Å². The minimum Gasteiger partial charge on any atom is -0.545 e. The van der Waals surface area contributed by atoms with Gasteiger partial charge in [0.1, 0.15) is 0 Å². The Morgan fingerprint density at radius 3 is 1.88 bits per heavy atom. The molecular formula is C10H20O5Si-. The first-order valence-electron chi connectivity index (χ1n) is 4.90. The summed E-state index contributed by atoms with van der Waals surface area (Å²) in [6, 6.07) is 0. The Balaban J connectivity index is 0. The first kappa shape index (κ1) is 17.7. The number of hydrogen-bond donors (Lipinski definition) is 0. The molecule has 0 aromatic rings. The van der Waals surface area contributed by atoms with E-state index in [1.807, 2.05) is 6.92 Å². The summed E-state index contributed by atoms with van der Waals surface area (Å²) in [5.41, 5.74) is 0.330. The monoisotopic (exact) mass is 248 g/mol. The van der Waals surface area contributed by atoms with Crippen molar-refractivity contribution in [2.24, 2.45) is 0 Å². The minimum absolute atomic E-state index is 0.330. The van der Waals surface area contributed by atoms with Crippen molar-refractivity contribution in [1.29, 1.82) is 0 Å². The van der Waals surface area contributed by atoms with Crippen molar-refractivity contribution in [3.63, 3.8) is 0 Å². The van der Waals surface area contributed by atoms with Crippen molar-refractivity contribution in [1.82, 2.24) is 0 Å². The number of unbranched alkanes of at least 4 members (excludes halogenated alkanes) is 1. The molecule has 0 unspecified atom stereocenters. The molecule has 0 aliphatic rings. The van der Waals surface area contributed by atoms with E-state index in [0.29, 0.717) is 5.57 Å². The summed E-state index contributed by atoms with van der Waals surface area (Å²) in [6.45, 7) is 3.55. The molecule has 0 saturated heterocycles. The molecule has 0 spiro atoms. The second-order valence-corrected chi connectivity index (χ2v) is 4.55. The van der Waals surface area contributed by atoms with Crippen molar-refractivity contribution in [2.75, 3.05) is 21.3 Å². The van der Waals surface area contributed by atoms with Crippen LogP contribution in [0.2, 0.25) is 0 Å². The molecule has 0 atom stereocenters. The van der Waals surface area contributed by atoms with Crippen LogP contribution in [-0.2, 0) is 18.1 Å². The molecule has 0 aliphatic heterocycles. The Bertz CT molecular complexity index is 196. The summed E-state index contributed by atoms with van der Waals surface area (Å²) in [4.78, 5) is 10.0. The summed E-state index contributed by atoms with van der Waals surface area (Å²) < 4.78 is 14.1. The van der Waals surface area contributed by atoms with Crippen molar-refractivity contribution >= 4 is 15.5 Å². The van der Waals surface area contributed by atoms with Gasteiger partial charge in [0.05, 0.1) is 5.97 Å². The maximum absolute atomic E-state index is 10.0. The number of aliphatic carboxylic acids is 1. The molecule has 0 bridgehead atoms. The number of rotatable bonds is 6. The second kappa shape index (κ2) is 12.4. The number of carboxylic acid groups (broad SMARTS) is 1. The maximum atomic E-state index is 10.0. The SMILES string of the molecule is CCC/C=C(\C)C(=O)[O-].CO[Si](OC)OC. The average Bonchev–Trinajstić information content (AvgIpc) is 2.29. The van der Waals surface area contributed by atoms with Crippen molar-refractivity contribution in [3.8, 4) is 0 Å². The van der Waals surface area contributed by atoms with Gasteiger partial charge in [0.2, 0.25) is 0 Å². The third kappa shape index (κ3) is 11.4. The molecule has 0 aliphatic carbocycles. The normalized spacial score (nSPS) is 11.0. The van der Waals surface area contributed by atoms with Gasteiger partial charge in [0, 0.05) is 21.3 Å². The highest BCUT2D eigenvalue weighted by molar-refractivity contribution is 6.36. The highest BCUT2D eigenvalue weighted by Gasteiger charge is 2.09. The summed E-state index contributed by atoms with van der Waals surface area (Å²) in [5, 5.41) is 10.0. The minimum atomic E-state index is -1.36. The van der Waals surface area contributed by atoms with Crippen LogP contribution in [-0.4, -0.2) is 36.8 Å². The molecule has 6 heteroatoms. The standard InChI is InChI=1S/C7H12O2.C3H9O3Si/c1-3-4-5-6(2)7(8)9;1-4-7(5-2)6-3/h5H,3-4H2,1-2H3,(H,8,9);1-3H3/p-1/b6-5+;. The van der Waals surface area contributed by atoms with Crippen LogP contribution < -0.4 is 5.11 Å². The summed E-state index contributed by atoms with van der Waals surface area (Å²) in [6.07, 6.45) is 3.47. The predicted molar refractivity (Wildman–Crippen MR) is 60.5 cm³/mol. The van der Waals surface area contributed by atoms with Gasteiger partial charge in [-0.05, 0) is 18.9 Å². The number of carbonyl (C=O) groups is 1. The predicted octanol–water partition coefficient (Wildman–Crippen LogP) is 0.393. The Morgan fingerprint density at radius 1 is 1.25 bits per heavy atom. The van der Waals surface area contributed by atoms with E-state index < -0.39 is 15.5 Å². The second-order valence-electron chi connectivity index (χ2n) is 2.83. The zero-order chi connectivity index (χ0) is 13.0. The zero-order valence-electron chi connectivity index (χ0n) is 10.5. The van der Waals surface area contributed by atoms with Crippen molar-refractivity contribution in [3.05, 3.63) is 11.6 Å². The van der Waals surface area contributed by atoms with E-state index in [-0.39, 0.29) is 0 Å². The largest absolute Gasteiger partial charge is 0.576 e. The van der Waals surface area contributed by atoms with Crippen LogP contribution >= 0.6 is 0 Å². The number of hydrogen-bond acceptors (Lipinski definition) is 5. The van der Waals surface area contributed by atoms with Gasteiger partial charge in [0.25, 0.3) is 0 Å². The topological polar surface area (TPSA) is 67.8 Å². The summed E-state index contributed by atoms with van der Waals surface area (Å²) in [5.74, 6) is -1.07. The van der Waals surface area contributed by atoms with Gasteiger partial charge >= 0.3 is 9.53 Å². The molecule has 0 amide bonds. The fourth-order valence-electron chi connectivity index (χ4n) is 0.694. The molecular weight excluding hydrogens is 228 g/mol. The maximum Gasteiger partial charge on any atom is 0.576 e. The molecule has 95 valence electrons. The smallest absolute Gasteiger partial charge is 0.545 e. The third-order valence-corrected chi connectivity index (χ3v) is 2.56. The van der Waals surface area contributed by atoms with Gasteiger partial charge in [-0.2, -0.15) is 0 Å². The van der Waals surface area contributed by atoms with Gasteiger partial charge in [-0.15, -0.1) is 0 Å². The lowest BCUT2D eigenvalue weighted by Crippen LogP contribution is -2.22. The van der Waals surface area contributed by atoms with E-state index >= 15 is 0 Å². The first-order chi connectivity index (χ1) is 7.53. The van der Waals surface area contributed by atoms with Gasteiger partial charge < -0.3 is 23.2 Å². The van der Waals surface area contributed by atoms with Crippen LogP contribution in [0.25, 0.3) is 0 Å². The Labute approximate surface area is 99.0 Å². The molecule has 0 saturated carbocycles. The summed E-state index contributed by atoms with van der Waals surface area (Å²) >= 11 is 0. The van der Waals surface area contributed by atoms with Gasteiger partial charge in [-0.1, -0.05) is 19.4 Å². The van der Waals surface area contributed by atoms with E-state index in [0.717, 1.165) is 12.8 Å². The first-order valence-corrected chi connectivity index (χ1v) is 6.12. The van der Waals surface area contributed by atoms with Gasteiger partial charge in [-0.3, -0.25) is 0 Å².